The van der Waals surface area contributed by atoms with E-state index in [0.717, 1.165) is 0 Å². The summed E-state index contributed by atoms with van der Waals surface area (Å²) in [5.74, 6) is 0.307. The van der Waals surface area contributed by atoms with Gasteiger partial charge in [-0.15, -0.1) is 0 Å². The van der Waals surface area contributed by atoms with Gasteiger partial charge in [-0.2, -0.15) is 5.10 Å². The highest BCUT2D eigenvalue weighted by Crippen LogP contribution is 2.35. The van der Waals surface area contributed by atoms with E-state index < -0.39 is 10.8 Å². The fourth-order valence-electron chi connectivity index (χ4n) is 2.39. The Morgan fingerprint density at radius 1 is 1.32 bits per heavy atom. The molecule has 10 heteroatoms. The largest absolute Gasteiger partial charge is 0.495 e. The van der Waals surface area contributed by atoms with E-state index >= 15 is 0 Å². The van der Waals surface area contributed by atoms with Crippen LogP contribution >= 0.6 is 11.6 Å². The Morgan fingerprint density at radius 3 is 2.48 bits per heavy atom. The van der Waals surface area contributed by atoms with Gasteiger partial charge in [0.05, 0.1) is 29.9 Å². The fourth-order valence-corrected chi connectivity index (χ4v) is 2.62. The van der Waals surface area contributed by atoms with Crippen LogP contribution in [0.25, 0.3) is 0 Å². The molecule has 134 valence electrons. The van der Waals surface area contributed by atoms with Gasteiger partial charge in [0.1, 0.15) is 29.4 Å². The van der Waals surface area contributed by atoms with Gasteiger partial charge in [-0.05, 0) is 13.8 Å². The summed E-state index contributed by atoms with van der Waals surface area (Å²) >= 11 is 6.02. The first-order valence-corrected chi connectivity index (χ1v) is 7.56. The van der Waals surface area contributed by atoms with Gasteiger partial charge in [0.15, 0.2) is 0 Å². The minimum absolute atomic E-state index is 0.0986. The number of halogens is 1. The Bertz CT molecular complexity index is 834. The lowest BCUT2D eigenvalue weighted by Gasteiger charge is -2.13. The monoisotopic (exact) mass is 368 g/mol. The molecule has 0 saturated heterocycles. The average molecular weight is 369 g/mol. The van der Waals surface area contributed by atoms with Crippen LogP contribution in [0.15, 0.2) is 12.1 Å². The fraction of sp³-hybridized carbons (Fsp3) is 0.333. The molecule has 1 amide bonds. The van der Waals surface area contributed by atoms with E-state index in [1.165, 1.54) is 44.9 Å². The lowest BCUT2D eigenvalue weighted by molar-refractivity contribution is -0.386. The standard InChI is InChI=1S/C15H17ClN4O5/c1-8-15(20(22)23)9(2)19(18-8)7-14(21)17-11-6-12(24-3)10(16)5-13(11)25-4/h5-6H,7H2,1-4H3,(H,17,21). The van der Waals surface area contributed by atoms with Crippen molar-refractivity contribution in [3.05, 3.63) is 38.7 Å². The summed E-state index contributed by atoms with van der Waals surface area (Å²) in [5.41, 5.74) is 0.822. The molecule has 1 N–H and O–H groups in total. The van der Waals surface area contributed by atoms with E-state index in [4.69, 9.17) is 21.1 Å². The summed E-state index contributed by atoms with van der Waals surface area (Å²) in [7, 11) is 2.90. The van der Waals surface area contributed by atoms with Gasteiger partial charge in [-0.1, -0.05) is 11.6 Å². The third kappa shape index (κ3) is 3.82. The van der Waals surface area contributed by atoms with Gasteiger partial charge < -0.3 is 14.8 Å². The first kappa shape index (κ1) is 18.5. The number of hydrogen-bond acceptors (Lipinski definition) is 6. The zero-order chi connectivity index (χ0) is 18.7. The van der Waals surface area contributed by atoms with Crippen LogP contribution in [0.1, 0.15) is 11.4 Å². The Kier molecular flexibility index (Phi) is 5.48. The smallest absolute Gasteiger partial charge is 0.312 e. The molecule has 1 heterocycles. The van der Waals surface area contributed by atoms with Crippen molar-refractivity contribution in [2.75, 3.05) is 19.5 Å². The van der Waals surface area contributed by atoms with Crippen LogP contribution in [0.2, 0.25) is 5.02 Å². The van der Waals surface area contributed by atoms with Crippen LogP contribution in [0.3, 0.4) is 0 Å². The number of rotatable bonds is 6. The van der Waals surface area contributed by atoms with Crippen molar-refractivity contribution in [2.24, 2.45) is 0 Å². The van der Waals surface area contributed by atoms with Gasteiger partial charge in [0.2, 0.25) is 5.91 Å². The molecule has 0 radical (unpaired) electrons. The van der Waals surface area contributed by atoms with Gasteiger partial charge in [0.25, 0.3) is 0 Å². The third-order valence-corrected chi connectivity index (χ3v) is 3.86. The second-order valence-electron chi connectivity index (χ2n) is 5.17. The predicted octanol–water partition coefficient (Wildman–Crippen LogP) is 2.72. The maximum atomic E-state index is 12.3. The van der Waals surface area contributed by atoms with Crippen molar-refractivity contribution in [1.29, 1.82) is 0 Å². The first-order valence-electron chi connectivity index (χ1n) is 7.18. The van der Waals surface area contributed by atoms with Gasteiger partial charge in [0, 0.05) is 12.1 Å². The second-order valence-corrected chi connectivity index (χ2v) is 5.58. The summed E-state index contributed by atoms with van der Waals surface area (Å²) in [6, 6.07) is 3.05. The van der Waals surface area contributed by atoms with Gasteiger partial charge >= 0.3 is 5.69 Å². The number of aromatic nitrogens is 2. The molecule has 0 unspecified atom stereocenters. The summed E-state index contributed by atoms with van der Waals surface area (Å²) in [6.45, 7) is 2.87. The number of hydrogen-bond donors (Lipinski definition) is 1. The molecular weight excluding hydrogens is 352 g/mol. The zero-order valence-corrected chi connectivity index (χ0v) is 14.9. The maximum Gasteiger partial charge on any atom is 0.312 e. The molecule has 0 aliphatic rings. The Balaban J connectivity index is 2.24. The minimum atomic E-state index is -0.515. The number of nitrogens with zero attached hydrogens (tertiary/aromatic N) is 3. The van der Waals surface area contributed by atoms with E-state index in [1.54, 1.807) is 0 Å². The molecule has 0 bridgehead atoms. The number of amides is 1. The van der Waals surface area contributed by atoms with E-state index in [1.807, 2.05) is 0 Å². The summed E-state index contributed by atoms with van der Waals surface area (Å²) in [6.07, 6.45) is 0. The van der Waals surface area contributed by atoms with E-state index in [-0.39, 0.29) is 17.9 Å². The summed E-state index contributed by atoms with van der Waals surface area (Å²) < 4.78 is 11.6. The Hall–Kier alpha value is -2.81. The Labute approximate surface area is 148 Å². The van der Waals surface area contributed by atoms with Crippen molar-refractivity contribution >= 4 is 28.9 Å². The molecule has 25 heavy (non-hydrogen) atoms. The highest BCUT2D eigenvalue weighted by Gasteiger charge is 2.23. The molecule has 0 atom stereocenters. The van der Waals surface area contributed by atoms with Gasteiger partial charge in [-0.25, -0.2) is 0 Å². The summed E-state index contributed by atoms with van der Waals surface area (Å²) in [4.78, 5) is 22.8. The van der Waals surface area contributed by atoms with Crippen molar-refractivity contribution in [2.45, 2.75) is 20.4 Å². The van der Waals surface area contributed by atoms with Crippen LogP contribution < -0.4 is 14.8 Å². The first-order chi connectivity index (χ1) is 11.8. The number of aryl methyl sites for hydroxylation is 1. The average Bonchev–Trinajstić information content (AvgIpc) is 2.82. The molecule has 0 aliphatic carbocycles. The number of carbonyl (C=O) groups excluding carboxylic acids is 1. The van der Waals surface area contributed by atoms with E-state index in [0.29, 0.717) is 27.9 Å². The van der Waals surface area contributed by atoms with Crippen LogP contribution in [0, 0.1) is 24.0 Å². The number of carbonyl (C=O) groups is 1. The molecule has 2 aromatic rings. The molecule has 0 fully saturated rings. The van der Waals surface area contributed by atoms with Crippen LogP contribution in [-0.2, 0) is 11.3 Å². The number of nitrogens with one attached hydrogen (secondary N) is 1. The van der Waals surface area contributed by atoms with Crippen molar-refractivity contribution in [3.63, 3.8) is 0 Å². The number of ether oxygens (including phenoxy) is 2. The number of nitro groups is 1. The molecule has 9 nitrogen and oxygen atoms in total. The second kappa shape index (κ2) is 7.39. The number of methoxy groups -OCH3 is 2. The topological polar surface area (TPSA) is 109 Å². The van der Waals surface area contributed by atoms with Crippen LogP contribution in [0.4, 0.5) is 11.4 Å². The highest BCUT2D eigenvalue weighted by molar-refractivity contribution is 6.32. The molecule has 2 rings (SSSR count). The summed E-state index contributed by atoms with van der Waals surface area (Å²) in [5, 5.41) is 18.1. The number of benzene rings is 1. The molecule has 0 spiro atoms. The zero-order valence-electron chi connectivity index (χ0n) is 14.1. The SMILES string of the molecule is COc1cc(NC(=O)Cn2nc(C)c([N+](=O)[O-])c2C)c(OC)cc1Cl. The predicted molar refractivity (Wildman–Crippen MR) is 91.5 cm³/mol. The van der Waals surface area contributed by atoms with Crippen LogP contribution in [0.5, 0.6) is 11.5 Å². The Morgan fingerprint density at radius 2 is 1.96 bits per heavy atom. The third-order valence-electron chi connectivity index (χ3n) is 3.57. The maximum absolute atomic E-state index is 12.3. The highest BCUT2D eigenvalue weighted by atomic mass is 35.5. The van der Waals surface area contributed by atoms with Crippen LogP contribution in [-0.4, -0.2) is 34.8 Å². The minimum Gasteiger partial charge on any atom is -0.495 e. The van der Waals surface area contributed by atoms with Crippen molar-refractivity contribution in [1.82, 2.24) is 9.78 Å². The molecule has 0 aliphatic heterocycles. The lowest BCUT2D eigenvalue weighted by Crippen LogP contribution is -2.20. The van der Waals surface area contributed by atoms with Gasteiger partial charge in [-0.3, -0.25) is 19.6 Å². The molecule has 1 aromatic carbocycles. The normalized spacial score (nSPS) is 10.4. The van der Waals surface area contributed by atoms with Crippen molar-refractivity contribution in [3.8, 4) is 11.5 Å². The van der Waals surface area contributed by atoms with Crippen molar-refractivity contribution < 1.29 is 19.2 Å². The number of anilines is 1. The molecule has 1 aromatic heterocycles. The molecular formula is C15H17ClN4O5. The quantitative estimate of drug-likeness (QED) is 0.620. The lowest BCUT2D eigenvalue weighted by atomic mass is 10.2. The van der Waals surface area contributed by atoms with E-state index in [2.05, 4.69) is 10.4 Å². The molecule has 0 saturated carbocycles. The van der Waals surface area contributed by atoms with E-state index in [9.17, 15) is 14.9 Å².